The van der Waals surface area contributed by atoms with Crippen LogP contribution in [0.3, 0.4) is 0 Å². The van der Waals surface area contributed by atoms with Crippen molar-refractivity contribution in [2.24, 2.45) is 0 Å². The van der Waals surface area contributed by atoms with Gasteiger partial charge in [-0.1, -0.05) is 17.7 Å². The van der Waals surface area contributed by atoms with Crippen molar-refractivity contribution in [3.63, 3.8) is 0 Å². The van der Waals surface area contributed by atoms with Crippen LogP contribution in [0.1, 0.15) is 6.92 Å². The minimum absolute atomic E-state index is 0.114. The molecule has 1 aromatic carbocycles. The molecule has 94 valence electrons. The summed E-state index contributed by atoms with van der Waals surface area (Å²) < 4.78 is 13.5. The molecule has 6 heteroatoms. The first-order valence-corrected chi connectivity index (χ1v) is 5.86. The van der Waals surface area contributed by atoms with Gasteiger partial charge in [-0.25, -0.2) is 9.37 Å². The van der Waals surface area contributed by atoms with Crippen molar-refractivity contribution in [1.29, 1.82) is 0 Å². The Morgan fingerprint density at radius 3 is 2.94 bits per heavy atom. The molecule has 2 rings (SSSR count). The lowest BCUT2D eigenvalue weighted by atomic mass is 10.3. The molecule has 0 saturated carbocycles. The van der Waals surface area contributed by atoms with Crippen molar-refractivity contribution in [3.8, 4) is 0 Å². The van der Waals surface area contributed by atoms with Gasteiger partial charge in [-0.05, 0) is 25.1 Å². The number of hydrogen-bond acceptors (Lipinski definition) is 4. The summed E-state index contributed by atoms with van der Waals surface area (Å²) in [4.78, 5) is 7.86. The van der Waals surface area contributed by atoms with E-state index in [0.29, 0.717) is 23.2 Å². The molecule has 0 aliphatic heterocycles. The second-order valence-electron chi connectivity index (χ2n) is 3.56. The summed E-state index contributed by atoms with van der Waals surface area (Å²) >= 11 is 5.85. The fourth-order valence-electron chi connectivity index (χ4n) is 1.40. The molecule has 0 saturated heterocycles. The van der Waals surface area contributed by atoms with Crippen LogP contribution < -0.4 is 10.6 Å². The first-order valence-electron chi connectivity index (χ1n) is 5.48. The van der Waals surface area contributed by atoms with E-state index in [0.717, 1.165) is 6.20 Å². The monoisotopic (exact) mass is 266 g/mol. The molecule has 0 aliphatic rings. The highest BCUT2D eigenvalue weighted by atomic mass is 35.5. The van der Waals surface area contributed by atoms with E-state index in [9.17, 15) is 4.39 Å². The third kappa shape index (κ3) is 3.07. The van der Waals surface area contributed by atoms with Gasteiger partial charge in [0.25, 0.3) is 0 Å². The smallest absolute Gasteiger partial charge is 0.224 e. The molecule has 2 N–H and O–H groups in total. The van der Waals surface area contributed by atoms with Gasteiger partial charge >= 0.3 is 0 Å². The Balaban J connectivity index is 2.25. The number of rotatable bonds is 4. The lowest BCUT2D eigenvalue weighted by Crippen LogP contribution is -2.05. The summed E-state index contributed by atoms with van der Waals surface area (Å²) in [6, 6.07) is 6.98. The van der Waals surface area contributed by atoms with E-state index in [1.54, 1.807) is 24.3 Å². The molecule has 1 aromatic heterocycles. The van der Waals surface area contributed by atoms with Crippen molar-refractivity contribution in [3.05, 3.63) is 41.3 Å². The standard InChI is InChI=1S/C12H12ClFN4/c1-2-15-12-16-7-10(14)11(18-12)17-9-5-3-4-8(13)6-9/h3-7H,2H2,1H3,(H2,15,16,17,18). The van der Waals surface area contributed by atoms with Crippen molar-refractivity contribution >= 4 is 29.1 Å². The molecule has 0 bridgehead atoms. The molecule has 0 spiro atoms. The average molecular weight is 267 g/mol. The highest BCUT2D eigenvalue weighted by Gasteiger charge is 2.07. The Bertz CT molecular complexity index is 547. The molecular weight excluding hydrogens is 255 g/mol. The van der Waals surface area contributed by atoms with Crippen LogP contribution in [0, 0.1) is 5.82 Å². The molecule has 1 heterocycles. The largest absolute Gasteiger partial charge is 0.354 e. The molecular formula is C12H12ClFN4. The van der Waals surface area contributed by atoms with Crippen LogP contribution in [-0.2, 0) is 0 Å². The lowest BCUT2D eigenvalue weighted by molar-refractivity contribution is 0.619. The maximum atomic E-state index is 13.5. The second kappa shape index (κ2) is 5.64. The van der Waals surface area contributed by atoms with E-state index in [1.807, 2.05) is 6.92 Å². The Hall–Kier alpha value is -1.88. The highest BCUT2D eigenvalue weighted by molar-refractivity contribution is 6.30. The van der Waals surface area contributed by atoms with Gasteiger partial charge in [0.2, 0.25) is 5.95 Å². The lowest BCUT2D eigenvalue weighted by Gasteiger charge is -2.08. The van der Waals surface area contributed by atoms with Crippen LogP contribution in [0.15, 0.2) is 30.5 Å². The molecule has 0 aliphatic carbocycles. The van der Waals surface area contributed by atoms with E-state index in [2.05, 4.69) is 20.6 Å². The number of benzene rings is 1. The number of hydrogen-bond donors (Lipinski definition) is 2. The zero-order chi connectivity index (χ0) is 13.0. The Kier molecular flexibility index (Phi) is 3.94. The van der Waals surface area contributed by atoms with E-state index >= 15 is 0 Å². The minimum Gasteiger partial charge on any atom is -0.354 e. The van der Waals surface area contributed by atoms with Gasteiger partial charge in [-0.2, -0.15) is 4.98 Å². The first kappa shape index (κ1) is 12.6. The van der Waals surface area contributed by atoms with Crippen LogP contribution in [0.25, 0.3) is 0 Å². The molecule has 0 amide bonds. The summed E-state index contributed by atoms with van der Waals surface area (Å²) in [6.45, 7) is 2.58. The van der Waals surface area contributed by atoms with Gasteiger partial charge in [-0.3, -0.25) is 0 Å². The number of anilines is 3. The summed E-state index contributed by atoms with van der Waals surface area (Å²) in [6.07, 6.45) is 1.12. The molecule has 0 unspecified atom stereocenters. The van der Waals surface area contributed by atoms with Gasteiger partial charge in [0, 0.05) is 17.3 Å². The minimum atomic E-state index is -0.517. The highest BCUT2D eigenvalue weighted by Crippen LogP contribution is 2.21. The zero-order valence-corrected chi connectivity index (χ0v) is 10.5. The Labute approximate surface area is 109 Å². The van der Waals surface area contributed by atoms with Crippen LogP contribution in [0.5, 0.6) is 0 Å². The SMILES string of the molecule is CCNc1ncc(F)c(Nc2cccc(Cl)c2)n1. The van der Waals surface area contributed by atoms with Crippen molar-refractivity contribution in [2.45, 2.75) is 6.92 Å². The number of nitrogens with one attached hydrogen (secondary N) is 2. The summed E-state index contributed by atoms with van der Waals surface area (Å²) in [5, 5.41) is 6.35. The molecule has 0 fully saturated rings. The second-order valence-corrected chi connectivity index (χ2v) is 3.99. The predicted molar refractivity (Wildman–Crippen MR) is 70.9 cm³/mol. The first-order chi connectivity index (χ1) is 8.69. The molecule has 18 heavy (non-hydrogen) atoms. The maximum Gasteiger partial charge on any atom is 0.224 e. The van der Waals surface area contributed by atoms with Gasteiger partial charge in [-0.15, -0.1) is 0 Å². The number of aromatic nitrogens is 2. The summed E-state index contributed by atoms with van der Waals surface area (Å²) in [5.41, 5.74) is 0.669. The fraction of sp³-hybridized carbons (Fsp3) is 0.167. The fourth-order valence-corrected chi connectivity index (χ4v) is 1.59. The van der Waals surface area contributed by atoms with Crippen molar-refractivity contribution in [2.75, 3.05) is 17.2 Å². The van der Waals surface area contributed by atoms with Crippen molar-refractivity contribution in [1.82, 2.24) is 9.97 Å². The van der Waals surface area contributed by atoms with E-state index in [4.69, 9.17) is 11.6 Å². The van der Waals surface area contributed by atoms with Crippen LogP contribution in [-0.4, -0.2) is 16.5 Å². The molecule has 2 aromatic rings. The van der Waals surface area contributed by atoms with Crippen LogP contribution in [0.2, 0.25) is 5.02 Å². The Morgan fingerprint density at radius 1 is 1.39 bits per heavy atom. The van der Waals surface area contributed by atoms with E-state index in [-0.39, 0.29) is 5.82 Å². The molecule has 4 nitrogen and oxygen atoms in total. The third-order valence-corrected chi connectivity index (χ3v) is 2.40. The van der Waals surface area contributed by atoms with E-state index < -0.39 is 5.82 Å². The number of nitrogens with zero attached hydrogens (tertiary/aromatic N) is 2. The van der Waals surface area contributed by atoms with Crippen LogP contribution >= 0.6 is 11.6 Å². The predicted octanol–water partition coefficient (Wildman–Crippen LogP) is 3.44. The van der Waals surface area contributed by atoms with Gasteiger partial charge in [0.05, 0.1) is 6.20 Å². The van der Waals surface area contributed by atoms with Gasteiger partial charge in [0.15, 0.2) is 11.6 Å². The van der Waals surface area contributed by atoms with Crippen molar-refractivity contribution < 1.29 is 4.39 Å². The van der Waals surface area contributed by atoms with Gasteiger partial charge in [0.1, 0.15) is 0 Å². The van der Waals surface area contributed by atoms with Gasteiger partial charge < -0.3 is 10.6 Å². The average Bonchev–Trinajstić information content (AvgIpc) is 2.34. The molecule has 0 atom stereocenters. The Morgan fingerprint density at radius 2 is 2.22 bits per heavy atom. The van der Waals surface area contributed by atoms with Crippen LogP contribution in [0.4, 0.5) is 21.8 Å². The zero-order valence-electron chi connectivity index (χ0n) is 9.74. The normalized spacial score (nSPS) is 10.2. The summed E-state index contributed by atoms with van der Waals surface area (Å²) in [7, 11) is 0. The molecule has 0 radical (unpaired) electrons. The van der Waals surface area contributed by atoms with E-state index in [1.165, 1.54) is 0 Å². The third-order valence-electron chi connectivity index (χ3n) is 2.17. The number of halogens is 2. The summed E-state index contributed by atoms with van der Waals surface area (Å²) in [5.74, 6) is -0.0247. The topological polar surface area (TPSA) is 49.8 Å². The maximum absolute atomic E-state index is 13.5. The quantitative estimate of drug-likeness (QED) is 0.890.